The minimum Gasteiger partial charge on any atom is -0.396 e. The van der Waals surface area contributed by atoms with Gasteiger partial charge in [-0.3, -0.25) is 0 Å². The van der Waals surface area contributed by atoms with Crippen molar-refractivity contribution in [3.63, 3.8) is 0 Å². The number of aliphatic hydroxyl groups excluding tert-OH is 1. The van der Waals surface area contributed by atoms with Crippen molar-refractivity contribution in [3.8, 4) is 6.07 Å². The number of nitrogens with zero attached hydrogens (tertiary/aromatic N) is 1. The Bertz CT molecular complexity index is 486. The van der Waals surface area contributed by atoms with Gasteiger partial charge in [0, 0.05) is 18.5 Å². The maximum atomic E-state index is 11.6. The van der Waals surface area contributed by atoms with Crippen LogP contribution in [0, 0.1) is 16.7 Å². The summed E-state index contributed by atoms with van der Waals surface area (Å²) in [6.45, 7) is 1.06. The van der Waals surface area contributed by atoms with Crippen LogP contribution in [0.5, 0.6) is 0 Å². The minimum absolute atomic E-state index is 0.0776. The molecule has 5 nitrogen and oxygen atoms in total. The molecule has 0 aliphatic heterocycles. The summed E-state index contributed by atoms with van der Waals surface area (Å²) in [5, 5.41) is 23.3. The number of hydrogen-bond acceptors (Lipinski definition) is 3. The molecular weight excluding hydrogens is 242 g/mol. The first kappa shape index (κ1) is 13.4. The summed E-state index contributed by atoms with van der Waals surface area (Å²) in [6.07, 6.45) is 1.94. The average Bonchev–Trinajstić information content (AvgIpc) is 3.24. The first-order valence-electron chi connectivity index (χ1n) is 6.29. The molecule has 2 rings (SSSR count). The van der Waals surface area contributed by atoms with E-state index in [9.17, 15) is 4.79 Å². The monoisotopic (exact) mass is 259 g/mol. The highest BCUT2D eigenvalue weighted by Crippen LogP contribution is 2.44. The Labute approximate surface area is 112 Å². The summed E-state index contributed by atoms with van der Waals surface area (Å²) in [4.78, 5) is 11.6. The lowest BCUT2D eigenvalue weighted by Gasteiger charge is -2.13. The molecule has 0 radical (unpaired) electrons. The zero-order valence-electron chi connectivity index (χ0n) is 10.6. The minimum atomic E-state index is -0.232. The molecule has 2 amide bonds. The van der Waals surface area contributed by atoms with Gasteiger partial charge in [-0.2, -0.15) is 5.26 Å². The van der Waals surface area contributed by atoms with Crippen LogP contribution in [0.4, 0.5) is 4.79 Å². The lowest BCUT2D eigenvalue weighted by atomic mass is 10.1. The van der Waals surface area contributed by atoms with Crippen LogP contribution in [0.15, 0.2) is 24.3 Å². The highest BCUT2D eigenvalue weighted by atomic mass is 16.3. The highest BCUT2D eigenvalue weighted by Gasteiger charge is 2.42. The topological polar surface area (TPSA) is 85.2 Å². The number of benzene rings is 1. The second-order valence-corrected chi connectivity index (χ2v) is 5.00. The molecule has 0 saturated heterocycles. The number of nitrogens with one attached hydrogen (secondary N) is 2. The largest absolute Gasteiger partial charge is 0.396 e. The average molecular weight is 259 g/mol. The van der Waals surface area contributed by atoms with E-state index in [2.05, 4.69) is 10.6 Å². The standard InChI is InChI=1S/C14H17N3O2/c15-7-11-1-3-12(4-2-11)8-16-13(19)17-9-14(10-18)5-6-14/h1-4,18H,5-6,8-10H2,(H2,16,17,19). The van der Waals surface area contributed by atoms with Crippen LogP contribution in [0.25, 0.3) is 0 Å². The van der Waals surface area contributed by atoms with E-state index < -0.39 is 0 Å². The van der Waals surface area contributed by atoms with Crippen LogP contribution in [0.3, 0.4) is 0 Å². The molecule has 100 valence electrons. The van der Waals surface area contributed by atoms with Gasteiger partial charge in [0.1, 0.15) is 0 Å². The second-order valence-electron chi connectivity index (χ2n) is 5.00. The quantitative estimate of drug-likeness (QED) is 0.741. The number of amides is 2. The Morgan fingerprint density at radius 1 is 1.32 bits per heavy atom. The fourth-order valence-corrected chi connectivity index (χ4v) is 1.78. The van der Waals surface area contributed by atoms with E-state index in [1.807, 2.05) is 18.2 Å². The van der Waals surface area contributed by atoms with Crippen molar-refractivity contribution in [2.75, 3.05) is 13.2 Å². The van der Waals surface area contributed by atoms with Crippen LogP contribution in [-0.2, 0) is 6.54 Å². The third-order valence-electron chi connectivity index (χ3n) is 3.45. The molecule has 0 aromatic heterocycles. The van der Waals surface area contributed by atoms with Crippen molar-refractivity contribution in [1.82, 2.24) is 10.6 Å². The smallest absolute Gasteiger partial charge is 0.315 e. The number of carbonyl (C=O) groups excluding carboxylic acids is 1. The normalized spacial score (nSPS) is 15.4. The number of urea groups is 1. The number of aliphatic hydroxyl groups is 1. The van der Waals surface area contributed by atoms with E-state index in [1.54, 1.807) is 12.1 Å². The predicted molar refractivity (Wildman–Crippen MR) is 70.1 cm³/mol. The first-order chi connectivity index (χ1) is 9.17. The summed E-state index contributed by atoms with van der Waals surface area (Å²) in [7, 11) is 0. The van der Waals surface area contributed by atoms with Crippen LogP contribution in [-0.4, -0.2) is 24.3 Å². The Morgan fingerprint density at radius 3 is 2.53 bits per heavy atom. The Balaban J connectivity index is 1.72. The summed E-state index contributed by atoms with van der Waals surface area (Å²) < 4.78 is 0. The molecule has 1 aromatic rings. The van der Waals surface area contributed by atoms with Gasteiger partial charge >= 0.3 is 6.03 Å². The van der Waals surface area contributed by atoms with E-state index in [0.29, 0.717) is 18.7 Å². The molecule has 0 spiro atoms. The summed E-state index contributed by atoms with van der Waals surface area (Å²) >= 11 is 0. The van der Waals surface area contributed by atoms with Gasteiger partial charge in [0.2, 0.25) is 0 Å². The van der Waals surface area contributed by atoms with E-state index >= 15 is 0 Å². The lowest BCUT2D eigenvalue weighted by molar-refractivity contribution is 0.203. The fourth-order valence-electron chi connectivity index (χ4n) is 1.78. The number of rotatable bonds is 5. The summed E-state index contributed by atoms with van der Waals surface area (Å²) in [6, 6.07) is 8.89. The molecule has 0 heterocycles. The third kappa shape index (κ3) is 3.70. The maximum Gasteiger partial charge on any atom is 0.315 e. The summed E-state index contributed by atoms with van der Waals surface area (Å²) in [5.41, 5.74) is 1.47. The van der Waals surface area contributed by atoms with E-state index in [4.69, 9.17) is 10.4 Å². The molecule has 1 fully saturated rings. The second kappa shape index (κ2) is 5.72. The molecule has 0 atom stereocenters. The van der Waals surface area contributed by atoms with Crippen LogP contribution in [0.2, 0.25) is 0 Å². The van der Waals surface area contributed by atoms with E-state index in [1.165, 1.54) is 0 Å². The zero-order chi connectivity index (χ0) is 13.7. The Kier molecular flexibility index (Phi) is 4.03. The number of nitriles is 1. The molecule has 0 bridgehead atoms. The number of hydrogen-bond donors (Lipinski definition) is 3. The van der Waals surface area contributed by atoms with Crippen molar-refractivity contribution in [2.24, 2.45) is 5.41 Å². The summed E-state index contributed by atoms with van der Waals surface area (Å²) in [5.74, 6) is 0. The van der Waals surface area contributed by atoms with Crippen molar-refractivity contribution >= 4 is 6.03 Å². The SMILES string of the molecule is N#Cc1ccc(CNC(=O)NCC2(CO)CC2)cc1. The van der Waals surface area contributed by atoms with Crippen LogP contribution in [0.1, 0.15) is 24.0 Å². The van der Waals surface area contributed by atoms with Crippen molar-refractivity contribution in [1.29, 1.82) is 5.26 Å². The third-order valence-corrected chi connectivity index (χ3v) is 3.45. The van der Waals surface area contributed by atoms with E-state index in [0.717, 1.165) is 18.4 Å². The Morgan fingerprint density at radius 2 is 2.00 bits per heavy atom. The number of carbonyl (C=O) groups is 1. The molecule has 1 aromatic carbocycles. The molecule has 1 saturated carbocycles. The van der Waals surface area contributed by atoms with Gasteiger partial charge in [0.05, 0.1) is 18.2 Å². The van der Waals surface area contributed by atoms with Crippen LogP contribution < -0.4 is 10.6 Å². The van der Waals surface area contributed by atoms with Gasteiger partial charge in [0.25, 0.3) is 0 Å². The zero-order valence-corrected chi connectivity index (χ0v) is 10.6. The fraction of sp³-hybridized carbons (Fsp3) is 0.429. The maximum absolute atomic E-state index is 11.6. The van der Waals surface area contributed by atoms with Gasteiger partial charge in [0.15, 0.2) is 0 Å². The predicted octanol–water partition coefficient (Wildman–Crippen LogP) is 1.13. The van der Waals surface area contributed by atoms with Gasteiger partial charge in [-0.05, 0) is 30.5 Å². The Hall–Kier alpha value is -2.06. The first-order valence-corrected chi connectivity index (χ1v) is 6.29. The lowest BCUT2D eigenvalue weighted by Crippen LogP contribution is -2.39. The molecule has 1 aliphatic carbocycles. The molecule has 19 heavy (non-hydrogen) atoms. The van der Waals surface area contributed by atoms with Gasteiger partial charge in [-0.15, -0.1) is 0 Å². The molecular formula is C14H17N3O2. The van der Waals surface area contributed by atoms with Crippen molar-refractivity contribution in [3.05, 3.63) is 35.4 Å². The molecule has 3 N–H and O–H groups in total. The van der Waals surface area contributed by atoms with Crippen molar-refractivity contribution in [2.45, 2.75) is 19.4 Å². The van der Waals surface area contributed by atoms with Crippen molar-refractivity contribution < 1.29 is 9.90 Å². The molecule has 5 heteroatoms. The van der Waals surface area contributed by atoms with E-state index in [-0.39, 0.29) is 18.1 Å². The molecule has 1 aliphatic rings. The van der Waals surface area contributed by atoms with Gasteiger partial charge < -0.3 is 15.7 Å². The van der Waals surface area contributed by atoms with Crippen LogP contribution >= 0.6 is 0 Å². The van der Waals surface area contributed by atoms with Gasteiger partial charge in [-0.25, -0.2) is 4.79 Å². The highest BCUT2D eigenvalue weighted by molar-refractivity contribution is 5.73. The molecule has 0 unspecified atom stereocenters. The van der Waals surface area contributed by atoms with Gasteiger partial charge in [-0.1, -0.05) is 12.1 Å².